The van der Waals surface area contributed by atoms with Gasteiger partial charge in [-0.05, 0) is 68.7 Å². The van der Waals surface area contributed by atoms with E-state index in [0.29, 0.717) is 23.4 Å². The molecule has 34 heavy (non-hydrogen) atoms. The molecule has 9 heteroatoms. The van der Waals surface area contributed by atoms with Crippen LogP contribution < -0.4 is 15.5 Å². The summed E-state index contributed by atoms with van der Waals surface area (Å²) in [6.45, 7) is 3.23. The number of ether oxygens (including phenoxy) is 1. The topological polar surface area (TPSA) is 124 Å². The number of carbonyl (C=O) groups is 2. The van der Waals surface area contributed by atoms with Crippen molar-refractivity contribution in [3.63, 3.8) is 0 Å². The molecule has 2 atom stereocenters. The lowest BCUT2D eigenvalue weighted by Gasteiger charge is -2.16. The molecule has 0 aliphatic heterocycles. The van der Waals surface area contributed by atoms with Crippen molar-refractivity contribution >= 4 is 29.3 Å². The molecule has 0 heterocycles. The number of carbonyl (C=O) groups excluding carboxylic acids is 2. The van der Waals surface area contributed by atoms with Crippen molar-refractivity contribution in [2.75, 3.05) is 12.0 Å². The van der Waals surface area contributed by atoms with Crippen LogP contribution in [0.4, 0.5) is 10.1 Å². The maximum atomic E-state index is 14.3. The number of nitrogens with zero attached hydrogens (tertiary/aromatic N) is 1. The molecule has 2 aromatic rings. The maximum Gasteiger partial charge on any atom is 0.254 e. The lowest BCUT2D eigenvalue weighted by Crippen LogP contribution is -2.35. The van der Waals surface area contributed by atoms with Crippen LogP contribution in [0.25, 0.3) is 0 Å². The SMILES string of the molecule is CCC(Oc1ccc(C(=O)C2CC2)cc1)C(=N)/C=N\Nc1ccc(C(=O)N[C@H](C)CO)c(F)c1. The molecule has 0 bridgehead atoms. The molecule has 0 aromatic heterocycles. The van der Waals surface area contributed by atoms with E-state index in [-0.39, 0.29) is 29.6 Å². The third-order valence-corrected chi connectivity index (χ3v) is 5.35. The first-order chi connectivity index (χ1) is 16.3. The Labute approximate surface area is 197 Å². The van der Waals surface area contributed by atoms with E-state index in [0.717, 1.165) is 18.9 Å². The minimum Gasteiger partial charge on any atom is -0.484 e. The monoisotopic (exact) mass is 468 g/mol. The van der Waals surface area contributed by atoms with Gasteiger partial charge < -0.3 is 15.2 Å². The highest BCUT2D eigenvalue weighted by atomic mass is 19.1. The second-order valence-corrected chi connectivity index (χ2v) is 8.25. The van der Waals surface area contributed by atoms with Crippen molar-refractivity contribution in [3.05, 3.63) is 59.4 Å². The number of aliphatic hydroxyl groups excluding tert-OH is 1. The molecule has 1 amide bonds. The van der Waals surface area contributed by atoms with Gasteiger partial charge in [0.15, 0.2) is 5.78 Å². The number of Topliss-reactive ketones (excluding diaryl/α,β-unsaturated/α-hetero) is 1. The zero-order valence-corrected chi connectivity index (χ0v) is 19.2. The fourth-order valence-electron chi connectivity index (χ4n) is 3.19. The predicted molar refractivity (Wildman–Crippen MR) is 128 cm³/mol. The minimum atomic E-state index is -0.740. The van der Waals surface area contributed by atoms with Gasteiger partial charge in [0.25, 0.3) is 5.91 Å². The smallest absolute Gasteiger partial charge is 0.254 e. The Morgan fingerprint density at radius 2 is 1.97 bits per heavy atom. The summed E-state index contributed by atoms with van der Waals surface area (Å²) >= 11 is 0. The van der Waals surface area contributed by atoms with Gasteiger partial charge in [-0.25, -0.2) is 4.39 Å². The number of hydrogen-bond acceptors (Lipinski definition) is 7. The zero-order chi connectivity index (χ0) is 24.7. The Hall–Kier alpha value is -3.59. The van der Waals surface area contributed by atoms with Gasteiger partial charge in [0.05, 0.1) is 29.8 Å². The summed E-state index contributed by atoms with van der Waals surface area (Å²) in [4.78, 5) is 24.1. The molecular weight excluding hydrogens is 439 g/mol. The van der Waals surface area contributed by atoms with Gasteiger partial charge in [-0.1, -0.05) is 6.92 Å². The van der Waals surface area contributed by atoms with Crippen molar-refractivity contribution in [1.29, 1.82) is 5.41 Å². The number of halogens is 1. The number of amides is 1. The number of benzene rings is 2. The molecule has 1 aliphatic carbocycles. The van der Waals surface area contributed by atoms with Crippen LogP contribution in [0.5, 0.6) is 5.75 Å². The highest BCUT2D eigenvalue weighted by molar-refractivity contribution is 6.31. The fraction of sp³-hybridized carbons (Fsp3) is 0.360. The number of rotatable bonds is 12. The highest BCUT2D eigenvalue weighted by Crippen LogP contribution is 2.33. The summed E-state index contributed by atoms with van der Waals surface area (Å²) < 4.78 is 20.2. The standard InChI is InChI=1S/C25H29FN4O4/c1-3-23(34-19-9-6-17(7-10-19)24(32)16-4-5-16)22(27)13-28-30-18-8-11-20(21(26)12-18)25(33)29-15(2)14-31/h6-13,15-16,23,27,30-31H,3-5,14H2,1-2H3,(H,29,33)/b27-22?,28-13-/t15-,23?/m1/s1. The van der Waals surface area contributed by atoms with Crippen LogP contribution in [-0.2, 0) is 0 Å². The third-order valence-electron chi connectivity index (χ3n) is 5.35. The molecule has 1 aliphatic rings. The molecule has 2 aromatic carbocycles. The summed E-state index contributed by atoms with van der Waals surface area (Å²) in [6.07, 6.45) is 3.16. The van der Waals surface area contributed by atoms with Crippen LogP contribution in [0.15, 0.2) is 47.6 Å². The van der Waals surface area contributed by atoms with Crippen LogP contribution >= 0.6 is 0 Å². The van der Waals surface area contributed by atoms with Crippen molar-refractivity contribution < 1.29 is 23.8 Å². The van der Waals surface area contributed by atoms with E-state index in [1.807, 2.05) is 6.92 Å². The number of nitrogens with one attached hydrogen (secondary N) is 3. The van der Waals surface area contributed by atoms with Crippen molar-refractivity contribution in [2.24, 2.45) is 11.0 Å². The van der Waals surface area contributed by atoms with Crippen molar-refractivity contribution in [2.45, 2.75) is 45.3 Å². The number of aliphatic hydroxyl groups is 1. The van der Waals surface area contributed by atoms with Crippen LogP contribution in [0.1, 0.15) is 53.8 Å². The first-order valence-corrected chi connectivity index (χ1v) is 11.2. The van der Waals surface area contributed by atoms with Crippen LogP contribution in [0.3, 0.4) is 0 Å². The quantitative estimate of drug-likeness (QED) is 0.214. The van der Waals surface area contributed by atoms with Crippen LogP contribution in [0, 0.1) is 17.1 Å². The fourth-order valence-corrected chi connectivity index (χ4v) is 3.19. The van der Waals surface area contributed by atoms with E-state index in [1.54, 1.807) is 31.2 Å². The van der Waals surface area contributed by atoms with Crippen LogP contribution in [0.2, 0.25) is 0 Å². The Morgan fingerprint density at radius 3 is 2.56 bits per heavy atom. The van der Waals surface area contributed by atoms with E-state index in [4.69, 9.17) is 15.3 Å². The highest BCUT2D eigenvalue weighted by Gasteiger charge is 2.30. The minimum absolute atomic E-state index is 0.114. The number of anilines is 1. The summed E-state index contributed by atoms with van der Waals surface area (Å²) in [6, 6.07) is 10.4. The molecule has 180 valence electrons. The first kappa shape index (κ1) is 25.0. The molecule has 3 rings (SSSR count). The van der Waals surface area contributed by atoms with E-state index in [9.17, 15) is 14.0 Å². The van der Waals surface area contributed by atoms with Gasteiger partial charge in [0.1, 0.15) is 17.7 Å². The Morgan fingerprint density at radius 1 is 1.26 bits per heavy atom. The number of hydrazone groups is 1. The van der Waals surface area contributed by atoms with Gasteiger partial charge in [0.2, 0.25) is 0 Å². The summed E-state index contributed by atoms with van der Waals surface area (Å²) in [5, 5.41) is 23.7. The lowest BCUT2D eigenvalue weighted by atomic mass is 10.1. The molecule has 8 nitrogen and oxygen atoms in total. The lowest BCUT2D eigenvalue weighted by molar-refractivity contribution is 0.0917. The molecular formula is C25H29FN4O4. The predicted octanol–water partition coefficient (Wildman–Crippen LogP) is 3.80. The number of ketones is 1. The summed E-state index contributed by atoms with van der Waals surface area (Å²) in [5.41, 5.74) is 3.58. The molecule has 1 saturated carbocycles. The summed E-state index contributed by atoms with van der Waals surface area (Å²) in [7, 11) is 0. The summed E-state index contributed by atoms with van der Waals surface area (Å²) in [5.74, 6) is -0.491. The van der Waals surface area contributed by atoms with Gasteiger partial charge in [0, 0.05) is 17.5 Å². The average molecular weight is 469 g/mol. The van der Waals surface area contributed by atoms with Crippen molar-refractivity contribution in [1.82, 2.24) is 5.32 Å². The van der Waals surface area contributed by atoms with E-state index < -0.39 is 23.9 Å². The molecule has 1 fully saturated rings. The van der Waals surface area contributed by atoms with E-state index >= 15 is 0 Å². The number of hydrogen-bond donors (Lipinski definition) is 4. The normalized spacial score (nSPS) is 14.9. The Kier molecular flexibility index (Phi) is 8.48. The first-order valence-electron chi connectivity index (χ1n) is 11.2. The average Bonchev–Trinajstić information content (AvgIpc) is 3.68. The van der Waals surface area contributed by atoms with Gasteiger partial charge in [-0.2, -0.15) is 5.10 Å². The third kappa shape index (κ3) is 6.71. The second kappa shape index (κ2) is 11.5. The molecule has 0 radical (unpaired) electrons. The second-order valence-electron chi connectivity index (χ2n) is 8.25. The maximum absolute atomic E-state index is 14.3. The molecule has 4 N–H and O–H groups in total. The van der Waals surface area contributed by atoms with Gasteiger partial charge >= 0.3 is 0 Å². The Bertz CT molecular complexity index is 1070. The molecule has 0 spiro atoms. The van der Waals surface area contributed by atoms with Crippen LogP contribution in [-0.4, -0.2) is 47.5 Å². The van der Waals surface area contributed by atoms with E-state index in [2.05, 4.69) is 15.8 Å². The molecule has 1 unspecified atom stereocenters. The molecule has 0 saturated heterocycles. The van der Waals surface area contributed by atoms with Gasteiger partial charge in [-0.3, -0.25) is 20.4 Å². The van der Waals surface area contributed by atoms with Gasteiger partial charge in [-0.15, -0.1) is 0 Å². The largest absolute Gasteiger partial charge is 0.484 e. The van der Waals surface area contributed by atoms with E-state index in [1.165, 1.54) is 18.3 Å². The zero-order valence-electron chi connectivity index (χ0n) is 19.2. The van der Waals surface area contributed by atoms with Crippen molar-refractivity contribution in [3.8, 4) is 5.75 Å². The Balaban J connectivity index is 1.55.